The summed E-state index contributed by atoms with van der Waals surface area (Å²) in [7, 11) is -3.84. The van der Waals surface area contributed by atoms with Crippen molar-refractivity contribution < 1.29 is 27.5 Å². The van der Waals surface area contributed by atoms with Gasteiger partial charge in [0.15, 0.2) is 11.5 Å². The fourth-order valence-corrected chi connectivity index (χ4v) is 6.12. The molecule has 3 aromatic rings. The SMILES string of the molecule is CCOc1cc2c(cc1OCC)/C(=C(/Nc1ccc(N(C(C)(C)C(N)=O)S(C)(=O)=O)cc1)c1ccccc1)C(=O)N2. The van der Waals surface area contributed by atoms with E-state index in [-0.39, 0.29) is 11.6 Å². The van der Waals surface area contributed by atoms with Gasteiger partial charge in [0.1, 0.15) is 5.54 Å². The Morgan fingerprint density at radius 2 is 1.56 bits per heavy atom. The van der Waals surface area contributed by atoms with Crippen LogP contribution in [0, 0.1) is 0 Å². The molecule has 0 saturated carbocycles. The first-order valence-electron chi connectivity index (χ1n) is 13.1. The number of carbonyl (C=O) groups excluding carboxylic acids is 2. The molecular formula is C30H34N4O6S. The average molecular weight is 579 g/mol. The van der Waals surface area contributed by atoms with E-state index in [9.17, 15) is 18.0 Å². The molecule has 0 aromatic heterocycles. The highest BCUT2D eigenvalue weighted by Crippen LogP contribution is 2.43. The number of hydrogen-bond donors (Lipinski definition) is 3. The van der Waals surface area contributed by atoms with Gasteiger partial charge in [0.25, 0.3) is 5.91 Å². The predicted molar refractivity (Wildman–Crippen MR) is 161 cm³/mol. The molecular weight excluding hydrogens is 544 g/mol. The fraction of sp³-hybridized carbons (Fsp3) is 0.267. The summed E-state index contributed by atoms with van der Waals surface area (Å²) < 4.78 is 37.8. The zero-order valence-electron chi connectivity index (χ0n) is 23.6. The largest absolute Gasteiger partial charge is 0.490 e. The maximum absolute atomic E-state index is 13.4. The van der Waals surface area contributed by atoms with Crippen molar-refractivity contribution in [2.75, 3.05) is 34.4 Å². The molecule has 216 valence electrons. The van der Waals surface area contributed by atoms with Gasteiger partial charge in [-0.15, -0.1) is 0 Å². The Morgan fingerprint density at radius 3 is 2.10 bits per heavy atom. The van der Waals surface area contributed by atoms with E-state index in [1.54, 1.807) is 36.4 Å². The van der Waals surface area contributed by atoms with Crippen molar-refractivity contribution in [1.82, 2.24) is 0 Å². The van der Waals surface area contributed by atoms with Crippen LogP contribution in [0.25, 0.3) is 11.3 Å². The van der Waals surface area contributed by atoms with Crippen LogP contribution in [-0.2, 0) is 19.6 Å². The van der Waals surface area contributed by atoms with E-state index in [0.29, 0.717) is 52.9 Å². The topological polar surface area (TPSA) is 140 Å². The first-order valence-corrected chi connectivity index (χ1v) is 15.0. The third-order valence-corrected chi connectivity index (χ3v) is 7.88. The van der Waals surface area contributed by atoms with Crippen LogP contribution in [0.15, 0.2) is 66.7 Å². The van der Waals surface area contributed by atoms with Gasteiger partial charge in [-0.1, -0.05) is 30.3 Å². The number of sulfonamides is 1. The second-order valence-corrected chi connectivity index (χ2v) is 11.7. The molecule has 10 nitrogen and oxygen atoms in total. The molecule has 2 amide bonds. The molecule has 0 radical (unpaired) electrons. The standard InChI is InChI=1S/C30H34N4O6S/c1-6-39-24-17-22-23(18-25(24)40-7-2)33-28(35)26(22)27(19-11-9-8-10-12-19)32-20-13-15-21(16-14-20)34(41(5,37)38)30(3,4)29(31)36/h8-18,32H,6-7H2,1-5H3,(H2,31,36)(H,33,35)/b27-26-. The number of amides is 2. The van der Waals surface area contributed by atoms with Gasteiger partial charge in [0.05, 0.1) is 42.1 Å². The molecule has 0 bridgehead atoms. The Bertz CT molecular complexity index is 1600. The number of nitrogens with one attached hydrogen (secondary N) is 2. The zero-order valence-corrected chi connectivity index (χ0v) is 24.5. The van der Waals surface area contributed by atoms with Crippen molar-refractivity contribution in [2.45, 2.75) is 33.2 Å². The van der Waals surface area contributed by atoms with E-state index in [1.807, 2.05) is 44.2 Å². The van der Waals surface area contributed by atoms with Crippen molar-refractivity contribution in [3.63, 3.8) is 0 Å². The van der Waals surface area contributed by atoms with Crippen LogP contribution >= 0.6 is 0 Å². The molecule has 41 heavy (non-hydrogen) atoms. The number of hydrogen-bond acceptors (Lipinski definition) is 7. The van der Waals surface area contributed by atoms with Crippen molar-refractivity contribution in [1.29, 1.82) is 0 Å². The summed E-state index contributed by atoms with van der Waals surface area (Å²) in [5.41, 5.74) is 7.84. The molecule has 11 heteroatoms. The minimum Gasteiger partial charge on any atom is -0.490 e. The van der Waals surface area contributed by atoms with Gasteiger partial charge in [0.2, 0.25) is 15.9 Å². The molecule has 0 unspecified atom stereocenters. The molecule has 0 spiro atoms. The Balaban J connectivity index is 1.83. The first-order chi connectivity index (χ1) is 19.4. The van der Waals surface area contributed by atoms with Gasteiger partial charge >= 0.3 is 0 Å². The second-order valence-electron chi connectivity index (χ2n) is 9.90. The molecule has 0 fully saturated rings. The molecule has 4 rings (SSSR count). The summed E-state index contributed by atoms with van der Waals surface area (Å²) >= 11 is 0. The quantitative estimate of drug-likeness (QED) is 0.286. The summed E-state index contributed by atoms with van der Waals surface area (Å²) in [4.78, 5) is 25.5. The first kappa shape index (κ1) is 29.5. The van der Waals surface area contributed by atoms with Crippen molar-refractivity contribution in [3.8, 4) is 11.5 Å². The Morgan fingerprint density at radius 1 is 0.976 bits per heavy atom. The number of primary amides is 1. The number of benzene rings is 3. The summed E-state index contributed by atoms with van der Waals surface area (Å²) in [5.74, 6) is -0.0258. The van der Waals surface area contributed by atoms with Crippen LogP contribution < -0.4 is 30.1 Å². The molecule has 3 aromatic carbocycles. The van der Waals surface area contributed by atoms with Crippen LogP contribution in [0.3, 0.4) is 0 Å². The molecule has 1 aliphatic rings. The molecule has 4 N–H and O–H groups in total. The molecule has 0 aliphatic carbocycles. The lowest BCUT2D eigenvalue weighted by atomic mass is 9.99. The highest BCUT2D eigenvalue weighted by molar-refractivity contribution is 7.92. The lowest BCUT2D eigenvalue weighted by molar-refractivity contribution is -0.121. The normalized spacial score (nSPS) is 14.1. The highest BCUT2D eigenvalue weighted by atomic mass is 32.2. The van der Waals surface area contributed by atoms with Crippen LogP contribution in [-0.4, -0.2) is 45.2 Å². The van der Waals surface area contributed by atoms with Crippen molar-refractivity contribution in [3.05, 3.63) is 77.9 Å². The van der Waals surface area contributed by atoms with Gasteiger partial charge in [-0.05, 0) is 63.6 Å². The molecule has 0 atom stereocenters. The smallest absolute Gasteiger partial charge is 0.258 e. The molecule has 1 aliphatic heterocycles. The van der Waals surface area contributed by atoms with E-state index in [0.717, 1.165) is 16.1 Å². The number of rotatable bonds is 11. The number of nitrogens with zero attached hydrogens (tertiary/aromatic N) is 1. The highest BCUT2D eigenvalue weighted by Gasteiger charge is 2.39. The lowest BCUT2D eigenvalue weighted by Crippen LogP contribution is -2.55. The molecule has 0 saturated heterocycles. The summed E-state index contributed by atoms with van der Waals surface area (Å²) in [6.07, 6.45) is 1.02. The van der Waals surface area contributed by atoms with Crippen molar-refractivity contribution in [2.24, 2.45) is 5.73 Å². The zero-order chi connectivity index (χ0) is 29.9. The van der Waals surface area contributed by atoms with Gasteiger partial charge in [-0.3, -0.25) is 13.9 Å². The maximum atomic E-state index is 13.4. The second kappa shape index (κ2) is 11.5. The van der Waals surface area contributed by atoms with Gasteiger partial charge in [-0.2, -0.15) is 0 Å². The van der Waals surface area contributed by atoms with Gasteiger partial charge in [0, 0.05) is 17.3 Å². The number of nitrogens with two attached hydrogens (primary N) is 1. The van der Waals surface area contributed by atoms with E-state index in [4.69, 9.17) is 15.2 Å². The summed E-state index contributed by atoms with van der Waals surface area (Å²) in [5, 5.41) is 6.28. The van der Waals surface area contributed by atoms with E-state index in [2.05, 4.69) is 10.6 Å². The van der Waals surface area contributed by atoms with E-state index >= 15 is 0 Å². The number of anilines is 3. The number of fused-ring (bicyclic) bond motifs is 1. The Labute approximate surface area is 240 Å². The Kier molecular flexibility index (Phi) is 8.29. The van der Waals surface area contributed by atoms with Crippen LogP contribution in [0.1, 0.15) is 38.8 Å². The predicted octanol–water partition coefficient (Wildman–Crippen LogP) is 4.45. The third-order valence-electron chi connectivity index (χ3n) is 6.55. The summed E-state index contributed by atoms with van der Waals surface area (Å²) in [6.45, 7) is 7.51. The minimum absolute atomic E-state index is 0.268. The molecule has 1 heterocycles. The van der Waals surface area contributed by atoms with E-state index < -0.39 is 21.5 Å². The maximum Gasteiger partial charge on any atom is 0.258 e. The summed E-state index contributed by atoms with van der Waals surface area (Å²) in [6, 6.07) is 19.4. The Hall–Kier alpha value is -4.51. The monoisotopic (exact) mass is 578 g/mol. The van der Waals surface area contributed by atoms with Gasteiger partial charge < -0.3 is 25.8 Å². The van der Waals surface area contributed by atoms with Gasteiger partial charge in [-0.25, -0.2) is 8.42 Å². The third kappa shape index (κ3) is 5.99. The van der Waals surface area contributed by atoms with Crippen LogP contribution in [0.2, 0.25) is 0 Å². The van der Waals surface area contributed by atoms with Crippen LogP contribution in [0.5, 0.6) is 11.5 Å². The van der Waals surface area contributed by atoms with E-state index in [1.165, 1.54) is 13.8 Å². The lowest BCUT2D eigenvalue weighted by Gasteiger charge is -2.35. The number of ether oxygens (including phenoxy) is 2. The number of carbonyl (C=O) groups is 2. The minimum atomic E-state index is -3.84. The van der Waals surface area contributed by atoms with Crippen LogP contribution in [0.4, 0.5) is 17.1 Å². The average Bonchev–Trinajstić information content (AvgIpc) is 3.22. The van der Waals surface area contributed by atoms with Crippen molar-refractivity contribution >= 4 is 50.2 Å². The fourth-order valence-electron chi connectivity index (χ4n) is 4.70.